The summed E-state index contributed by atoms with van der Waals surface area (Å²) >= 11 is 6.60. The van der Waals surface area contributed by atoms with Gasteiger partial charge in [0.05, 0.1) is 22.6 Å². The molecule has 1 amide bonds. The van der Waals surface area contributed by atoms with Gasteiger partial charge in [-0.2, -0.15) is 0 Å². The first-order valence-electron chi connectivity index (χ1n) is 13.1. The third kappa shape index (κ3) is 7.53. The number of hydrogen-bond donors (Lipinski definition) is 3. The minimum atomic E-state index is -1.06. The summed E-state index contributed by atoms with van der Waals surface area (Å²) in [6, 6.07) is 24.2. The van der Waals surface area contributed by atoms with Crippen LogP contribution in [0.2, 0.25) is 5.02 Å². The van der Waals surface area contributed by atoms with Crippen molar-refractivity contribution in [3.63, 3.8) is 0 Å². The molecule has 9 nitrogen and oxygen atoms in total. The van der Waals surface area contributed by atoms with Crippen molar-refractivity contribution in [2.75, 3.05) is 11.9 Å². The van der Waals surface area contributed by atoms with Gasteiger partial charge in [-0.1, -0.05) is 35.9 Å². The first-order chi connectivity index (χ1) is 19.7. The maximum absolute atomic E-state index is 12.1. The van der Waals surface area contributed by atoms with E-state index in [1.54, 1.807) is 32.0 Å². The van der Waals surface area contributed by atoms with E-state index in [0.717, 1.165) is 22.5 Å². The SMILES string of the molecule is CC(C)(O)CC(=O)NCCn1ccc2ncnc(Nc3ccc(Oc4cccc(Oc5ccccc5)c4)c(Cl)c3)c21. The summed E-state index contributed by atoms with van der Waals surface area (Å²) in [5.41, 5.74) is 1.21. The van der Waals surface area contributed by atoms with Gasteiger partial charge >= 0.3 is 0 Å². The number of aliphatic hydroxyl groups is 1. The average molecular weight is 572 g/mol. The molecule has 2 heterocycles. The van der Waals surface area contributed by atoms with E-state index in [-0.39, 0.29) is 12.3 Å². The Bertz CT molecular complexity index is 1650. The zero-order valence-electron chi connectivity index (χ0n) is 22.7. The van der Waals surface area contributed by atoms with Gasteiger partial charge in [-0.3, -0.25) is 4.79 Å². The largest absolute Gasteiger partial charge is 0.457 e. The second-order valence-corrected chi connectivity index (χ2v) is 10.5. The van der Waals surface area contributed by atoms with E-state index in [9.17, 15) is 9.90 Å². The lowest BCUT2D eigenvalue weighted by atomic mass is 10.1. The minimum Gasteiger partial charge on any atom is -0.457 e. The summed E-state index contributed by atoms with van der Waals surface area (Å²) in [5, 5.41) is 16.4. The van der Waals surface area contributed by atoms with Crippen molar-refractivity contribution >= 4 is 40.0 Å². The highest BCUT2D eigenvalue weighted by Crippen LogP contribution is 2.35. The van der Waals surface area contributed by atoms with Crippen molar-refractivity contribution in [3.8, 4) is 23.0 Å². The highest BCUT2D eigenvalue weighted by atomic mass is 35.5. The van der Waals surface area contributed by atoms with Gasteiger partial charge < -0.3 is 29.8 Å². The monoisotopic (exact) mass is 571 g/mol. The number of benzene rings is 3. The summed E-state index contributed by atoms with van der Waals surface area (Å²) in [6.07, 6.45) is 3.42. The van der Waals surface area contributed by atoms with Crippen molar-refractivity contribution in [2.45, 2.75) is 32.4 Å². The third-order valence-electron chi connectivity index (χ3n) is 6.03. The number of anilines is 2. The van der Waals surface area contributed by atoms with E-state index < -0.39 is 5.60 Å². The molecule has 0 aliphatic heterocycles. The molecule has 0 atom stereocenters. The Labute approximate surface area is 242 Å². The quantitative estimate of drug-likeness (QED) is 0.162. The van der Waals surface area contributed by atoms with Crippen LogP contribution in [0, 0.1) is 0 Å². The Balaban J connectivity index is 1.26. The predicted molar refractivity (Wildman–Crippen MR) is 159 cm³/mol. The molecule has 0 saturated carbocycles. The highest BCUT2D eigenvalue weighted by molar-refractivity contribution is 6.32. The number of nitrogens with one attached hydrogen (secondary N) is 2. The van der Waals surface area contributed by atoms with Crippen molar-refractivity contribution in [3.05, 3.63) is 96.4 Å². The van der Waals surface area contributed by atoms with Gasteiger partial charge in [0.2, 0.25) is 5.91 Å². The topological polar surface area (TPSA) is 111 Å². The number of para-hydroxylation sites is 1. The number of halogens is 1. The van der Waals surface area contributed by atoms with Crippen LogP contribution < -0.4 is 20.1 Å². The zero-order chi connectivity index (χ0) is 28.8. The van der Waals surface area contributed by atoms with Gasteiger partial charge in [-0.15, -0.1) is 0 Å². The molecule has 5 rings (SSSR count). The molecule has 0 aliphatic rings. The maximum atomic E-state index is 12.1. The fourth-order valence-electron chi connectivity index (χ4n) is 4.23. The number of carbonyl (C=O) groups is 1. The fraction of sp³-hybridized carbons (Fsp3) is 0.194. The van der Waals surface area contributed by atoms with Crippen molar-refractivity contribution in [1.82, 2.24) is 19.9 Å². The second-order valence-electron chi connectivity index (χ2n) is 10.1. The Kier molecular flexibility index (Phi) is 8.37. The van der Waals surface area contributed by atoms with E-state index in [4.69, 9.17) is 21.1 Å². The number of aromatic nitrogens is 3. The van der Waals surface area contributed by atoms with Crippen LogP contribution in [0.3, 0.4) is 0 Å². The molecule has 0 aliphatic carbocycles. The highest BCUT2D eigenvalue weighted by Gasteiger charge is 2.18. The first kappa shape index (κ1) is 27.9. The molecule has 0 spiro atoms. The number of amides is 1. The van der Waals surface area contributed by atoms with Gasteiger partial charge in [0.1, 0.15) is 34.8 Å². The van der Waals surface area contributed by atoms with Crippen LogP contribution in [-0.4, -0.2) is 37.7 Å². The van der Waals surface area contributed by atoms with Gasteiger partial charge in [-0.05, 0) is 62.4 Å². The number of rotatable bonds is 11. The van der Waals surface area contributed by atoms with Gasteiger partial charge in [0.15, 0.2) is 5.82 Å². The number of ether oxygens (including phenoxy) is 2. The minimum absolute atomic E-state index is 0.0305. The van der Waals surface area contributed by atoms with Crippen molar-refractivity contribution in [2.24, 2.45) is 0 Å². The van der Waals surface area contributed by atoms with Gasteiger partial charge in [0.25, 0.3) is 0 Å². The fourth-order valence-corrected chi connectivity index (χ4v) is 4.45. The standard InChI is InChI=1S/C31H30ClN5O4/c1-31(2,39)19-28(38)33-14-16-37-15-13-26-29(37)30(35-20-34-26)36-21-11-12-27(25(32)17-21)41-24-10-6-9-23(18-24)40-22-7-4-3-5-8-22/h3-13,15,17-18,20,39H,14,16,19H2,1-2H3,(H,33,38)(H,34,35,36). The third-order valence-corrected chi connectivity index (χ3v) is 6.32. The van der Waals surface area contributed by atoms with Gasteiger partial charge in [-0.25, -0.2) is 9.97 Å². The van der Waals surface area contributed by atoms with E-state index in [0.29, 0.717) is 41.2 Å². The average Bonchev–Trinajstić information content (AvgIpc) is 3.34. The Hall–Kier alpha value is -4.60. The molecule has 0 bridgehead atoms. The number of nitrogens with zero attached hydrogens (tertiary/aromatic N) is 3. The zero-order valence-corrected chi connectivity index (χ0v) is 23.4. The molecule has 0 fully saturated rings. The maximum Gasteiger partial charge on any atom is 0.222 e. The number of hydrogen-bond acceptors (Lipinski definition) is 7. The summed E-state index contributed by atoms with van der Waals surface area (Å²) in [7, 11) is 0. The number of fused-ring (bicyclic) bond motifs is 1. The molecule has 0 unspecified atom stereocenters. The van der Waals surface area contributed by atoms with E-state index in [2.05, 4.69) is 20.6 Å². The van der Waals surface area contributed by atoms with E-state index in [1.165, 1.54) is 6.33 Å². The molecule has 3 N–H and O–H groups in total. The van der Waals surface area contributed by atoms with E-state index >= 15 is 0 Å². The molecule has 2 aromatic heterocycles. The molecular formula is C31H30ClN5O4. The molecule has 10 heteroatoms. The van der Waals surface area contributed by atoms with Crippen molar-refractivity contribution in [1.29, 1.82) is 0 Å². The van der Waals surface area contributed by atoms with Crippen molar-refractivity contribution < 1.29 is 19.4 Å². The van der Waals surface area contributed by atoms with Gasteiger partial charge in [0, 0.05) is 31.0 Å². The first-order valence-corrected chi connectivity index (χ1v) is 13.5. The van der Waals surface area contributed by atoms with Crippen LogP contribution in [0.15, 0.2) is 91.4 Å². The molecule has 0 radical (unpaired) electrons. The molecule has 3 aromatic carbocycles. The summed E-state index contributed by atoms with van der Waals surface area (Å²) < 4.78 is 13.9. The lowest BCUT2D eigenvalue weighted by molar-refractivity contribution is -0.124. The lowest BCUT2D eigenvalue weighted by Gasteiger charge is -2.16. The normalized spacial score (nSPS) is 11.3. The van der Waals surface area contributed by atoms with Crippen LogP contribution in [0.4, 0.5) is 11.5 Å². The second kappa shape index (κ2) is 12.3. The van der Waals surface area contributed by atoms with Crippen LogP contribution in [0.5, 0.6) is 23.0 Å². The van der Waals surface area contributed by atoms with E-state index in [1.807, 2.05) is 71.4 Å². The molecule has 0 saturated heterocycles. The van der Waals surface area contributed by atoms with Crippen LogP contribution >= 0.6 is 11.6 Å². The van der Waals surface area contributed by atoms with Crippen LogP contribution in [0.1, 0.15) is 20.3 Å². The lowest BCUT2D eigenvalue weighted by Crippen LogP contribution is -2.33. The smallest absolute Gasteiger partial charge is 0.222 e. The summed E-state index contributed by atoms with van der Waals surface area (Å²) in [4.78, 5) is 20.9. The molecule has 5 aromatic rings. The number of carbonyl (C=O) groups excluding carboxylic acids is 1. The van der Waals surface area contributed by atoms with Crippen LogP contribution in [0.25, 0.3) is 11.0 Å². The summed E-state index contributed by atoms with van der Waals surface area (Å²) in [5.74, 6) is 2.85. The molecule has 41 heavy (non-hydrogen) atoms. The Morgan fingerprint density at radius 2 is 1.71 bits per heavy atom. The molecular weight excluding hydrogens is 542 g/mol. The van der Waals surface area contributed by atoms with Crippen LogP contribution in [-0.2, 0) is 11.3 Å². The Morgan fingerprint density at radius 1 is 0.951 bits per heavy atom. The predicted octanol–water partition coefficient (Wildman–Crippen LogP) is 6.69. The molecule has 210 valence electrons. The Morgan fingerprint density at radius 3 is 2.46 bits per heavy atom. The summed E-state index contributed by atoms with van der Waals surface area (Å²) in [6.45, 7) is 4.10.